The van der Waals surface area contributed by atoms with Crippen LogP contribution in [0.3, 0.4) is 0 Å². The van der Waals surface area contributed by atoms with Gasteiger partial charge < -0.3 is 15.6 Å². The van der Waals surface area contributed by atoms with Crippen LogP contribution in [0.1, 0.15) is 5.56 Å². The lowest BCUT2D eigenvalue weighted by Crippen LogP contribution is -1.96. The molecule has 0 atom stereocenters. The van der Waals surface area contributed by atoms with Crippen molar-refractivity contribution in [1.29, 1.82) is 0 Å². The largest absolute Gasteiger partial charge is 0.504 e. The quantitative estimate of drug-likeness (QED) is 0.773. The summed E-state index contributed by atoms with van der Waals surface area (Å²) in [6.45, 7) is 0.391. The van der Waals surface area contributed by atoms with Crippen molar-refractivity contribution in [2.24, 2.45) is 0 Å². The minimum atomic E-state index is 0.145. The molecule has 0 amide bonds. The van der Waals surface area contributed by atoms with Gasteiger partial charge in [0, 0.05) is 5.69 Å². The van der Waals surface area contributed by atoms with E-state index >= 15 is 0 Å². The van der Waals surface area contributed by atoms with Gasteiger partial charge in [0.1, 0.15) is 6.61 Å². The first-order valence-corrected chi connectivity index (χ1v) is 5.01. The highest BCUT2D eigenvalue weighted by molar-refractivity contribution is 5.41. The molecule has 0 unspecified atom stereocenters. The number of ether oxygens (including phenoxy) is 1. The van der Waals surface area contributed by atoms with Crippen molar-refractivity contribution in [3.8, 4) is 11.5 Å². The molecule has 0 radical (unpaired) electrons. The summed E-state index contributed by atoms with van der Waals surface area (Å²) in [5.74, 6) is 0.622. The summed E-state index contributed by atoms with van der Waals surface area (Å²) in [6.07, 6.45) is 0. The second kappa shape index (κ2) is 4.57. The van der Waals surface area contributed by atoms with Crippen LogP contribution in [0.4, 0.5) is 5.69 Å². The van der Waals surface area contributed by atoms with Gasteiger partial charge in [-0.2, -0.15) is 0 Å². The maximum absolute atomic E-state index is 9.49. The highest BCUT2D eigenvalue weighted by atomic mass is 16.5. The van der Waals surface area contributed by atoms with E-state index in [0.717, 1.165) is 5.56 Å². The molecule has 0 saturated carbocycles. The summed E-state index contributed by atoms with van der Waals surface area (Å²) in [5, 5.41) is 9.49. The standard InChI is InChI=1S/C13H13NO2/c14-11-5-3-4-10(8-11)9-16-13-7-2-1-6-12(13)15/h1-8,15H,9,14H2. The summed E-state index contributed by atoms with van der Waals surface area (Å²) in [7, 11) is 0. The lowest BCUT2D eigenvalue weighted by atomic mass is 10.2. The minimum Gasteiger partial charge on any atom is -0.504 e. The highest BCUT2D eigenvalue weighted by Crippen LogP contribution is 2.25. The van der Waals surface area contributed by atoms with E-state index in [1.54, 1.807) is 18.2 Å². The summed E-state index contributed by atoms with van der Waals surface area (Å²) in [6, 6.07) is 14.4. The Bertz CT molecular complexity index is 483. The first kappa shape index (κ1) is 10.4. The van der Waals surface area contributed by atoms with Crippen molar-refractivity contribution in [3.05, 3.63) is 54.1 Å². The van der Waals surface area contributed by atoms with Crippen molar-refractivity contribution >= 4 is 5.69 Å². The number of phenolic OH excluding ortho intramolecular Hbond substituents is 1. The average molecular weight is 215 g/mol. The number of para-hydroxylation sites is 2. The van der Waals surface area contributed by atoms with Gasteiger partial charge >= 0.3 is 0 Å². The monoisotopic (exact) mass is 215 g/mol. The molecule has 0 aliphatic rings. The predicted octanol–water partition coefficient (Wildman–Crippen LogP) is 2.55. The van der Waals surface area contributed by atoms with Gasteiger partial charge in [-0.3, -0.25) is 0 Å². The zero-order valence-electron chi connectivity index (χ0n) is 8.76. The van der Waals surface area contributed by atoms with Crippen LogP contribution >= 0.6 is 0 Å². The predicted molar refractivity (Wildman–Crippen MR) is 63.3 cm³/mol. The molecule has 0 bridgehead atoms. The van der Waals surface area contributed by atoms with E-state index in [1.807, 2.05) is 30.3 Å². The third-order valence-electron chi connectivity index (χ3n) is 2.21. The molecule has 0 heterocycles. The SMILES string of the molecule is Nc1cccc(COc2ccccc2O)c1. The van der Waals surface area contributed by atoms with E-state index in [-0.39, 0.29) is 5.75 Å². The Morgan fingerprint density at radius 3 is 2.62 bits per heavy atom. The van der Waals surface area contributed by atoms with Crippen molar-refractivity contribution in [2.75, 3.05) is 5.73 Å². The fourth-order valence-electron chi connectivity index (χ4n) is 1.42. The first-order chi connectivity index (χ1) is 7.75. The van der Waals surface area contributed by atoms with Crippen LogP contribution in [0, 0.1) is 0 Å². The fourth-order valence-corrected chi connectivity index (χ4v) is 1.42. The molecule has 0 saturated heterocycles. The Hall–Kier alpha value is -2.16. The van der Waals surface area contributed by atoms with Crippen molar-refractivity contribution in [1.82, 2.24) is 0 Å². The highest BCUT2D eigenvalue weighted by Gasteiger charge is 2.00. The molecule has 3 N–H and O–H groups in total. The maximum atomic E-state index is 9.49. The van der Waals surface area contributed by atoms with Crippen molar-refractivity contribution < 1.29 is 9.84 Å². The van der Waals surface area contributed by atoms with Gasteiger partial charge in [-0.25, -0.2) is 0 Å². The maximum Gasteiger partial charge on any atom is 0.161 e. The lowest BCUT2D eigenvalue weighted by Gasteiger charge is -2.07. The Morgan fingerprint density at radius 2 is 1.88 bits per heavy atom. The van der Waals surface area contributed by atoms with E-state index in [4.69, 9.17) is 10.5 Å². The lowest BCUT2D eigenvalue weighted by molar-refractivity contribution is 0.289. The molecular formula is C13H13NO2. The van der Waals surface area contributed by atoms with Crippen LogP contribution in [0.2, 0.25) is 0 Å². The topological polar surface area (TPSA) is 55.5 Å². The molecular weight excluding hydrogens is 202 g/mol. The summed E-state index contributed by atoms with van der Waals surface area (Å²) in [5.41, 5.74) is 7.33. The molecule has 16 heavy (non-hydrogen) atoms. The molecule has 0 aliphatic heterocycles. The summed E-state index contributed by atoms with van der Waals surface area (Å²) >= 11 is 0. The number of phenols is 1. The number of rotatable bonds is 3. The second-order valence-corrected chi connectivity index (χ2v) is 3.50. The Balaban J connectivity index is 2.05. The van der Waals surface area contributed by atoms with Gasteiger partial charge in [0.05, 0.1) is 0 Å². The number of nitrogens with two attached hydrogens (primary N) is 1. The molecule has 0 aliphatic carbocycles. The van der Waals surface area contributed by atoms with Crippen LogP contribution in [0.5, 0.6) is 11.5 Å². The molecule has 3 heteroatoms. The molecule has 2 aromatic rings. The number of nitrogen functional groups attached to an aromatic ring is 1. The van der Waals surface area contributed by atoms with Crippen LogP contribution < -0.4 is 10.5 Å². The van der Waals surface area contributed by atoms with Gasteiger partial charge in [0.15, 0.2) is 11.5 Å². The van der Waals surface area contributed by atoms with Gasteiger partial charge in [-0.15, -0.1) is 0 Å². The Kier molecular flexibility index (Phi) is 2.96. The molecule has 3 nitrogen and oxygen atoms in total. The number of anilines is 1. The van der Waals surface area contributed by atoms with E-state index in [0.29, 0.717) is 18.0 Å². The van der Waals surface area contributed by atoms with Crippen LogP contribution in [-0.4, -0.2) is 5.11 Å². The Morgan fingerprint density at radius 1 is 1.06 bits per heavy atom. The fraction of sp³-hybridized carbons (Fsp3) is 0.0769. The smallest absolute Gasteiger partial charge is 0.161 e. The van der Waals surface area contributed by atoms with Gasteiger partial charge in [-0.05, 0) is 29.8 Å². The van der Waals surface area contributed by atoms with E-state index < -0.39 is 0 Å². The van der Waals surface area contributed by atoms with Gasteiger partial charge in [-0.1, -0.05) is 24.3 Å². The second-order valence-electron chi connectivity index (χ2n) is 3.50. The Labute approximate surface area is 94.1 Å². The number of hydrogen-bond donors (Lipinski definition) is 2. The first-order valence-electron chi connectivity index (χ1n) is 5.01. The average Bonchev–Trinajstić information content (AvgIpc) is 2.28. The summed E-state index contributed by atoms with van der Waals surface area (Å²) in [4.78, 5) is 0. The van der Waals surface area contributed by atoms with Gasteiger partial charge in [0.25, 0.3) is 0 Å². The third kappa shape index (κ3) is 2.45. The normalized spacial score (nSPS) is 10.0. The zero-order valence-corrected chi connectivity index (χ0v) is 8.76. The molecule has 0 aromatic heterocycles. The van der Waals surface area contributed by atoms with E-state index in [2.05, 4.69) is 0 Å². The molecule has 2 aromatic carbocycles. The zero-order chi connectivity index (χ0) is 11.4. The van der Waals surface area contributed by atoms with E-state index in [9.17, 15) is 5.11 Å². The van der Waals surface area contributed by atoms with Gasteiger partial charge in [0.2, 0.25) is 0 Å². The molecule has 0 spiro atoms. The third-order valence-corrected chi connectivity index (χ3v) is 2.21. The number of aromatic hydroxyl groups is 1. The summed E-state index contributed by atoms with van der Waals surface area (Å²) < 4.78 is 5.47. The van der Waals surface area contributed by atoms with Crippen LogP contribution in [0.25, 0.3) is 0 Å². The number of hydrogen-bond acceptors (Lipinski definition) is 3. The van der Waals surface area contributed by atoms with Crippen molar-refractivity contribution in [2.45, 2.75) is 6.61 Å². The minimum absolute atomic E-state index is 0.145. The van der Waals surface area contributed by atoms with E-state index in [1.165, 1.54) is 0 Å². The van der Waals surface area contributed by atoms with Crippen molar-refractivity contribution in [3.63, 3.8) is 0 Å². The molecule has 0 fully saturated rings. The number of benzene rings is 2. The van der Waals surface area contributed by atoms with Crippen LogP contribution in [-0.2, 0) is 6.61 Å². The van der Waals surface area contributed by atoms with Crippen LogP contribution in [0.15, 0.2) is 48.5 Å². The molecule has 82 valence electrons. The molecule has 2 rings (SSSR count).